The third-order valence-electron chi connectivity index (χ3n) is 2.19. The number of sulfonamides is 1. The third-order valence-corrected chi connectivity index (χ3v) is 3.67. The molecular formula is C12H15NO4S. The number of benzene rings is 1. The molecule has 0 atom stereocenters. The maximum atomic E-state index is 11.8. The molecule has 0 aliphatic rings. The molecule has 0 aliphatic carbocycles. The first-order valence-corrected chi connectivity index (χ1v) is 6.86. The number of nitrogens with one attached hydrogen (secondary N) is 1. The highest BCUT2D eigenvalue weighted by Crippen LogP contribution is 2.09. The van der Waals surface area contributed by atoms with Crippen LogP contribution < -0.4 is 4.72 Å². The second-order valence-corrected chi connectivity index (χ2v) is 5.51. The molecule has 1 aromatic rings. The van der Waals surface area contributed by atoms with Gasteiger partial charge in [0.2, 0.25) is 10.0 Å². The molecule has 0 saturated carbocycles. The lowest BCUT2D eigenvalue weighted by Gasteiger charge is -2.05. The van der Waals surface area contributed by atoms with E-state index in [0.717, 1.165) is 11.6 Å². The minimum Gasteiger partial charge on any atom is -0.478 e. The lowest BCUT2D eigenvalue weighted by molar-refractivity contribution is -0.131. The van der Waals surface area contributed by atoms with Crippen molar-refractivity contribution in [3.05, 3.63) is 42.0 Å². The van der Waals surface area contributed by atoms with Gasteiger partial charge in [0.15, 0.2) is 0 Å². The van der Waals surface area contributed by atoms with E-state index in [2.05, 4.69) is 4.72 Å². The number of carbonyl (C=O) groups is 1. The van der Waals surface area contributed by atoms with E-state index in [0.29, 0.717) is 6.42 Å². The SMILES string of the molecule is Cc1ccc(S(=O)(=O)NCC/C=C/C(=O)O)cc1. The Hall–Kier alpha value is -1.66. The number of carboxylic acid groups (broad SMARTS) is 1. The summed E-state index contributed by atoms with van der Waals surface area (Å²) in [6.45, 7) is 2.04. The van der Waals surface area contributed by atoms with Crippen LogP contribution in [0.1, 0.15) is 12.0 Å². The first kappa shape index (κ1) is 14.4. The van der Waals surface area contributed by atoms with Crippen molar-refractivity contribution in [1.29, 1.82) is 0 Å². The topological polar surface area (TPSA) is 83.5 Å². The fourth-order valence-corrected chi connectivity index (χ4v) is 2.31. The van der Waals surface area contributed by atoms with Crippen LogP contribution >= 0.6 is 0 Å². The van der Waals surface area contributed by atoms with E-state index in [9.17, 15) is 13.2 Å². The molecule has 98 valence electrons. The molecular weight excluding hydrogens is 254 g/mol. The first-order valence-electron chi connectivity index (χ1n) is 5.37. The lowest BCUT2D eigenvalue weighted by atomic mass is 10.2. The zero-order valence-electron chi connectivity index (χ0n) is 9.96. The molecule has 2 N–H and O–H groups in total. The number of aliphatic carboxylic acids is 1. The summed E-state index contributed by atoms with van der Waals surface area (Å²) in [5, 5.41) is 8.35. The van der Waals surface area contributed by atoms with Crippen molar-refractivity contribution < 1.29 is 18.3 Å². The third kappa shape index (κ3) is 4.68. The van der Waals surface area contributed by atoms with Gasteiger partial charge in [-0.2, -0.15) is 0 Å². The van der Waals surface area contributed by atoms with Gasteiger partial charge < -0.3 is 5.11 Å². The Kier molecular flexibility index (Phi) is 5.06. The smallest absolute Gasteiger partial charge is 0.327 e. The summed E-state index contributed by atoms with van der Waals surface area (Å²) in [7, 11) is -3.51. The predicted octanol–water partition coefficient (Wildman–Crippen LogP) is 1.30. The molecule has 0 fully saturated rings. The number of hydrogen-bond donors (Lipinski definition) is 2. The highest BCUT2D eigenvalue weighted by Gasteiger charge is 2.11. The van der Waals surface area contributed by atoms with Crippen molar-refractivity contribution in [3.63, 3.8) is 0 Å². The van der Waals surface area contributed by atoms with Gasteiger partial charge in [0.05, 0.1) is 4.90 Å². The molecule has 0 amide bonds. The maximum absolute atomic E-state index is 11.8. The van der Waals surface area contributed by atoms with Gasteiger partial charge in [0, 0.05) is 12.6 Å². The summed E-state index contributed by atoms with van der Waals surface area (Å²) >= 11 is 0. The predicted molar refractivity (Wildman–Crippen MR) is 67.8 cm³/mol. The highest BCUT2D eigenvalue weighted by molar-refractivity contribution is 7.89. The van der Waals surface area contributed by atoms with Crippen molar-refractivity contribution in [2.75, 3.05) is 6.54 Å². The molecule has 0 unspecified atom stereocenters. The van der Waals surface area contributed by atoms with E-state index in [-0.39, 0.29) is 11.4 Å². The van der Waals surface area contributed by atoms with E-state index in [4.69, 9.17) is 5.11 Å². The second-order valence-electron chi connectivity index (χ2n) is 3.74. The fourth-order valence-electron chi connectivity index (χ4n) is 1.26. The Bertz CT molecular complexity index is 532. The Morgan fingerprint density at radius 1 is 1.33 bits per heavy atom. The summed E-state index contributed by atoms with van der Waals surface area (Å²) in [5.74, 6) is -1.05. The zero-order valence-corrected chi connectivity index (χ0v) is 10.8. The second kappa shape index (κ2) is 6.32. The van der Waals surface area contributed by atoms with Gasteiger partial charge in [-0.3, -0.25) is 0 Å². The number of aryl methyl sites for hydroxylation is 1. The van der Waals surface area contributed by atoms with Gasteiger partial charge in [-0.15, -0.1) is 0 Å². The van der Waals surface area contributed by atoms with Crippen LogP contribution in [-0.2, 0) is 14.8 Å². The average Bonchev–Trinajstić information content (AvgIpc) is 2.28. The molecule has 0 spiro atoms. The largest absolute Gasteiger partial charge is 0.478 e. The molecule has 1 rings (SSSR count). The fraction of sp³-hybridized carbons (Fsp3) is 0.250. The Balaban J connectivity index is 2.55. The van der Waals surface area contributed by atoms with Gasteiger partial charge in [-0.05, 0) is 25.5 Å². The molecule has 0 saturated heterocycles. The number of rotatable bonds is 6. The summed E-state index contributed by atoms with van der Waals surface area (Å²) < 4.78 is 26.0. The van der Waals surface area contributed by atoms with Crippen molar-refractivity contribution in [2.24, 2.45) is 0 Å². The first-order chi connectivity index (χ1) is 8.42. The van der Waals surface area contributed by atoms with Crippen LogP contribution in [0.2, 0.25) is 0 Å². The van der Waals surface area contributed by atoms with Crippen LogP contribution in [0.15, 0.2) is 41.3 Å². The molecule has 18 heavy (non-hydrogen) atoms. The average molecular weight is 269 g/mol. The molecule has 0 aromatic heterocycles. The van der Waals surface area contributed by atoms with Gasteiger partial charge >= 0.3 is 5.97 Å². The van der Waals surface area contributed by atoms with E-state index < -0.39 is 16.0 Å². The molecule has 0 aliphatic heterocycles. The Labute approximate surface area is 106 Å². The molecule has 0 bridgehead atoms. The van der Waals surface area contributed by atoms with Crippen molar-refractivity contribution in [3.8, 4) is 0 Å². The van der Waals surface area contributed by atoms with Crippen LogP contribution in [-0.4, -0.2) is 26.0 Å². The normalized spacial score (nSPS) is 11.8. The molecule has 0 radical (unpaired) electrons. The van der Waals surface area contributed by atoms with Crippen LogP contribution in [0.25, 0.3) is 0 Å². The van der Waals surface area contributed by atoms with Gasteiger partial charge in [0.1, 0.15) is 0 Å². The van der Waals surface area contributed by atoms with Gasteiger partial charge in [-0.1, -0.05) is 23.8 Å². The van der Waals surface area contributed by atoms with Crippen molar-refractivity contribution in [1.82, 2.24) is 4.72 Å². The number of carboxylic acids is 1. The molecule has 1 aromatic carbocycles. The molecule has 6 heteroatoms. The lowest BCUT2D eigenvalue weighted by Crippen LogP contribution is -2.24. The highest BCUT2D eigenvalue weighted by atomic mass is 32.2. The van der Waals surface area contributed by atoms with Gasteiger partial charge in [0.25, 0.3) is 0 Å². The number of hydrogen-bond acceptors (Lipinski definition) is 3. The standard InChI is InChI=1S/C12H15NO4S/c1-10-5-7-11(8-6-10)18(16,17)13-9-3-2-4-12(14)15/h2,4-8,13H,3,9H2,1H3,(H,14,15)/b4-2+. The van der Waals surface area contributed by atoms with Crippen molar-refractivity contribution in [2.45, 2.75) is 18.2 Å². The summed E-state index contributed by atoms with van der Waals surface area (Å²) in [4.78, 5) is 10.4. The minimum absolute atomic E-state index is 0.167. The zero-order chi connectivity index (χ0) is 13.6. The molecule has 5 nitrogen and oxygen atoms in total. The Morgan fingerprint density at radius 3 is 2.50 bits per heavy atom. The summed E-state index contributed by atoms with van der Waals surface area (Å²) in [6, 6.07) is 6.51. The monoisotopic (exact) mass is 269 g/mol. The van der Waals surface area contributed by atoms with Crippen LogP contribution in [0.5, 0.6) is 0 Å². The minimum atomic E-state index is -3.51. The summed E-state index contributed by atoms with van der Waals surface area (Å²) in [6.07, 6.45) is 2.72. The van der Waals surface area contributed by atoms with Crippen molar-refractivity contribution >= 4 is 16.0 Å². The van der Waals surface area contributed by atoms with Gasteiger partial charge in [-0.25, -0.2) is 17.9 Å². The summed E-state index contributed by atoms with van der Waals surface area (Å²) in [5.41, 5.74) is 0.985. The quantitative estimate of drug-likeness (QED) is 0.602. The van der Waals surface area contributed by atoms with E-state index in [1.54, 1.807) is 12.1 Å². The van der Waals surface area contributed by atoms with E-state index in [1.807, 2.05) is 6.92 Å². The van der Waals surface area contributed by atoms with Crippen LogP contribution in [0, 0.1) is 6.92 Å². The van der Waals surface area contributed by atoms with E-state index in [1.165, 1.54) is 18.2 Å². The maximum Gasteiger partial charge on any atom is 0.327 e. The molecule has 0 heterocycles. The van der Waals surface area contributed by atoms with Crippen LogP contribution in [0.3, 0.4) is 0 Å². The van der Waals surface area contributed by atoms with Crippen LogP contribution in [0.4, 0.5) is 0 Å². The Morgan fingerprint density at radius 2 is 1.94 bits per heavy atom. The van der Waals surface area contributed by atoms with E-state index >= 15 is 0 Å².